The molecule has 46 valence electrons. The summed E-state index contributed by atoms with van der Waals surface area (Å²) in [6.45, 7) is 1.52. The first kappa shape index (κ1) is 7.17. The summed E-state index contributed by atoms with van der Waals surface area (Å²) in [6, 6.07) is 0. The first-order valence-corrected chi connectivity index (χ1v) is 2.33. The molecule has 0 spiro atoms. The topological polar surface area (TPSA) is 70.1 Å². The summed E-state index contributed by atoms with van der Waals surface area (Å²) in [5, 5.41) is 15.5. The SMILES string of the molecule is CC(O)C(=N)/C=C\N. The molecule has 0 amide bonds. The second-order valence-corrected chi connectivity index (χ2v) is 1.49. The molecule has 0 aromatic heterocycles. The van der Waals surface area contributed by atoms with Gasteiger partial charge in [0.2, 0.25) is 0 Å². The van der Waals surface area contributed by atoms with E-state index in [-0.39, 0.29) is 5.71 Å². The highest BCUT2D eigenvalue weighted by atomic mass is 16.3. The Morgan fingerprint density at radius 1 is 1.88 bits per heavy atom. The Morgan fingerprint density at radius 3 is 2.50 bits per heavy atom. The number of hydrogen-bond donors (Lipinski definition) is 3. The molecule has 0 aromatic rings. The zero-order chi connectivity index (χ0) is 6.57. The van der Waals surface area contributed by atoms with Gasteiger partial charge in [-0.05, 0) is 19.2 Å². The predicted molar refractivity (Wildman–Crippen MR) is 32.7 cm³/mol. The van der Waals surface area contributed by atoms with Gasteiger partial charge in [0.1, 0.15) is 0 Å². The van der Waals surface area contributed by atoms with Gasteiger partial charge in [-0.15, -0.1) is 0 Å². The lowest BCUT2D eigenvalue weighted by atomic mass is 10.2. The Morgan fingerprint density at radius 2 is 2.38 bits per heavy atom. The highest BCUT2D eigenvalue weighted by Gasteiger charge is 1.96. The van der Waals surface area contributed by atoms with E-state index in [1.54, 1.807) is 0 Å². The molecule has 8 heavy (non-hydrogen) atoms. The van der Waals surface area contributed by atoms with Crippen molar-refractivity contribution in [2.75, 3.05) is 0 Å². The van der Waals surface area contributed by atoms with Gasteiger partial charge in [0.25, 0.3) is 0 Å². The molecule has 0 aliphatic heterocycles. The molecule has 1 atom stereocenters. The fraction of sp³-hybridized carbons (Fsp3) is 0.400. The Kier molecular flexibility index (Phi) is 2.88. The Bertz CT molecular complexity index is 107. The summed E-state index contributed by atoms with van der Waals surface area (Å²) in [6.07, 6.45) is 1.87. The average molecular weight is 114 g/mol. The van der Waals surface area contributed by atoms with Gasteiger partial charge in [0.15, 0.2) is 0 Å². The second kappa shape index (κ2) is 3.21. The number of aliphatic hydroxyl groups is 1. The van der Waals surface area contributed by atoms with Gasteiger partial charge in [0.05, 0.1) is 11.8 Å². The molecule has 0 aliphatic rings. The summed E-state index contributed by atoms with van der Waals surface area (Å²) in [5.41, 5.74) is 5.07. The number of nitrogens with one attached hydrogen (secondary N) is 1. The van der Waals surface area contributed by atoms with E-state index in [9.17, 15) is 0 Å². The number of nitrogens with two attached hydrogens (primary N) is 1. The third-order valence-electron chi connectivity index (χ3n) is 0.726. The summed E-state index contributed by atoms with van der Waals surface area (Å²) >= 11 is 0. The molecule has 3 heteroatoms. The van der Waals surface area contributed by atoms with E-state index in [0.717, 1.165) is 0 Å². The molecule has 0 bridgehead atoms. The predicted octanol–water partition coefficient (Wildman–Crippen LogP) is -0.141. The van der Waals surface area contributed by atoms with Crippen molar-refractivity contribution in [1.82, 2.24) is 0 Å². The maximum Gasteiger partial charge on any atom is 0.0925 e. The van der Waals surface area contributed by atoms with Crippen LogP contribution in [0.2, 0.25) is 0 Å². The van der Waals surface area contributed by atoms with Crippen molar-refractivity contribution in [1.29, 1.82) is 5.41 Å². The molecule has 0 aromatic carbocycles. The van der Waals surface area contributed by atoms with Gasteiger partial charge < -0.3 is 16.2 Å². The fourth-order valence-corrected chi connectivity index (χ4v) is 0.243. The molecule has 0 saturated heterocycles. The highest BCUT2D eigenvalue weighted by molar-refractivity contribution is 5.95. The van der Waals surface area contributed by atoms with Crippen LogP contribution in [0.3, 0.4) is 0 Å². The molecule has 0 fully saturated rings. The number of rotatable bonds is 2. The Hall–Kier alpha value is -0.830. The van der Waals surface area contributed by atoms with Gasteiger partial charge in [-0.1, -0.05) is 0 Å². The van der Waals surface area contributed by atoms with Crippen LogP contribution in [0.25, 0.3) is 0 Å². The first-order chi connectivity index (χ1) is 3.68. The van der Waals surface area contributed by atoms with E-state index in [2.05, 4.69) is 0 Å². The van der Waals surface area contributed by atoms with Crippen molar-refractivity contribution in [3.05, 3.63) is 12.3 Å². The lowest BCUT2D eigenvalue weighted by molar-refractivity contribution is 0.262. The van der Waals surface area contributed by atoms with E-state index in [4.69, 9.17) is 16.2 Å². The largest absolute Gasteiger partial charge is 0.405 e. The number of hydrogen-bond acceptors (Lipinski definition) is 3. The monoisotopic (exact) mass is 114 g/mol. The molecule has 0 radical (unpaired) electrons. The maximum absolute atomic E-state index is 8.62. The van der Waals surface area contributed by atoms with Crippen molar-refractivity contribution in [3.8, 4) is 0 Å². The molecule has 3 nitrogen and oxygen atoms in total. The van der Waals surface area contributed by atoms with Crippen LogP contribution in [0.4, 0.5) is 0 Å². The minimum Gasteiger partial charge on any atom is -0.405 e. The van der Waals surface area contributed by atoms with Gasteiger partial charge in [-0.25, -0.2) is 0 Å². The number of aliphatic hydroxyl groups excluding tert-OH is 1. The molecule has 0 heterocycles. The van der Waals surface area contributed by atoms with Crippen molar-refractivity contribution >= 4 is 5.71 Å². The van der Waals surface area contributed by atoms with Crippen LogP contribution in [-0.2, 0) is 0 Å². The molecule has 0 saturated carbocycles. The lowest BCUT2D eigenvalue weighted by Crippen LogP contribution is -2.12. The summed E-state index contributed by atoms with van der Waals surface area (Å²) in [4.78, 5) is 0. The standard InChI is InChI=1S/C5H10N2O/c1-4(8)5(7)2-3-6/h2-4,7-8H,6H2,1H3/b3-2-,7-5?. The molecule has 4 N–H and O–H groups in total. The minimum absolute atomic E-state index is 0.132. The van der Waals surface area contributed by atoms with Crippen molar-refractivity contribution in [2.24, 2.45) is 5.73 Å². The fourth-order valence-electron chi connectivity index (χ4n) is 0.243. The highest BCUT2D eigenvalue weighted by Crippen LogP contribution is 1.83. The molecule has 0 aliphatic carbocycles. The first-order valence-electron chi connectivity index (χ1n) is 2.33. The molecule has 0 rings (SSSR count). The van der Waals surface area contributed by atoms with E-state index in [0.29, 0.717) is 0 Å². The molecular weight excluding hydrogens is 104 g/mol. The van der Waals surface area contributed by atoms with Crippen LogP contribution < -0.4 is 5.73 Å². The van der Waals surface area contributed by atoms with E-state index in [1.165, 1.54) is 19.2 Å². The van der Waals surface area contributed by atoms with E-state index in [1.807, 2.05) is 0 Å². The average Bonchev–Trinajstić information content (AvgIpc) is 1.67. The van der Waals surface area contributed by atoms with Crippen LogP contribution in [0.15, 0.2) is 12.3 Å². The molecular formula is C5H10N2O. The maximum atomic E-state index is 8.62. The van der Waals surface area contributed by atoms with Crippen molar-refractivity contribution < 1.29 is 5.11 Å². The van der Waals surface area contributed by atoms with Crippen molar-refractivity contribution in [3.63, 3.8) is 0 Å². The van der Waals surface area contributed by atoms with Crippen LogP contribution in [0, 0.1) is 5.41 Å². The second-order valence-electron chi connectivity index (χ2n) is 1.49. The van der Waals surface area contributed by atoms with E-state index < -0.39 is 6.10 Å². The van der Waals surface area contributed by atoms with Crippen molar-refractivity contribution in [2.45, 2.75) is 13.0 Å². The smallest absolute Gasteiger partial charge is 0.0925 e. The third kappa shape index (κ3) is 2.36. The van der Waals surface area contributed by atoms with Gasteiger partial charge in [-0.2, -0.15) is 0 Å². The van der Waals surface area contributed by atoms with Crippen LogP contribution >= 0.6 is 0 Å². The van der Waals surface area contributed by atoms with Crippen LogP contribution in [0.1, 0.15) is 6.92 Å². The van der Waals surface area contributed by atoms with Gasteiger partial charge >= 0.3 is 0 Å². The van der Waals surface area contributed by atoms with Crippen LogP contribution in [0.5, 0.6) is 0 Å². The summed E-state index contributed by atoms with van der Waals surface area (Å²) in [7, 11) is 0. The minimum atomic E-state index is -0.713. The quantitative estimate of drug-likeness (QED) is 0.437. The lowest BCUT2D eigenvalue weighted by Gasteiger charge is -1.97. The Balaban J connectivity index is 3.66. The summed E-state index contributed by atoms with van der Waals surface area (Å²) in [5.74, 6) is 0. The van der Waals surface area contributed by atoms with Crippen LogP contribution in [-0.4, -0.2) is 16.9 Å². The van der Waals surface area contributed by atoms with Gasteiger partial charge in [-0.3, -0.25) is 0 Å². The zero-order valence-electron chi connectivity index (χ0n) is 4.76. The normalized spacial score (nSPS) is 14.2. The van der Waals surface area contributed by atoms with Gasteiger partial charge in [0, 0.05) is 0 Å². The molecule has 1 unspecified atom stereocenters. The summed E-state index contributed by atoms with van der Waals surface area (Å²) < 4.78 is 0. The zero-order valence-corrected chi connectivity index (χ0v) is 4.76. The van der Waals surface area contributed by atoms with E-state index >= 15 is 0 Å². The third-order valence-corrected chi connectivity index (χ3v) is 0.726. The Labute approximate surface area is 48.3 Å².